The van der Waals surface area contributed by atoms with Crippen molar-refractivity contribution in [3.8, 4) is 0 Å². The van der Waals surface area contributed by atoms with E-state index in [9.17, 15) is 4.79 Å². The lowest BCUT2D eigenvalue weighted by Gasteiger charge is -2.16. The number of aryl methyl sites for hydroxylation is 1. The molecule has 4 nitrogen and oxygen atoms in total. The van der Waals surface area contributed by atoms with Crippen molar-refractivity contribution in [1.82, 2.24) is 9.78 Å². The third kappa shape index (κ3) is 3.25. The first-order chi connectivity index (χ1) is 8.99. The molecule has 1 aromatic heterocycles. The molecule has 2 aromatic rings. The highest BCUT2D eigenvalue weighted by molar-refractivity contribution is 9.10. The van der Waals surface area contributed by atoms with Crippen LogP contribution in [0.5, 0.6) is 0 Å². The molecule has 0 amide bonds. The van der Waals surface area contributed by atoms with E-state index in [1.54, 1.807) is 13.2 Å². The van der Waals surface area contributed by atoms with Gasteiger partial charge in [0, 0.05) is 17.6 Å². The minimum Gasteiger partial charge on any atom is -0.376 e. The fourth-order valence-corrected chi connectivity index (χ4v) is 2.42. The third-order valence-electron chi connectivity index (χ3n) is 2.82. The van der Waals surface area contributed by atoms with Gasteiger partial charge in [0.25, 0.3) is 5.56 Å². The topological polar surface area (TPSA) is 46.9 Å². The average molecular weight is 387 g/mol. The van der Waals surface area contributed by atoms with Crippen molar-refractivity contribution < 1.29 is 0 Å². The zero-order valence-electron chi connectivity index (χ0n) is 10.5. The summed E-state index contributed by atoms with van der Waals surface area (Å²) in [6, 6.07) is 8.13. The quantitative estimate of drug-likeness (QED) is 0.878. The molecular formula is C13H13Br2N3O. The Labute approximate surface area is 128 Å². The highest BCUT2D eigenvalue weighted by atomic mass is 79.9. The van der Waals surface area contributed by atoms with Crippen molar-refractivity contribution >= 4 is 37.5 Å². The molecule has 1 aromatic carbocycles. The van der Waals surface area contributed by atoms with Gasteiger partial charge >= 0.3 is 0 Å². The molecule has 0 bridgehead atoms. The number of halogens is 2. The Morgan fingerprint density at radius 2 is 1.89 bits per heavy atom. The van der Waals surface area contributed by atoms with E-state index >= 15 is 0 Å². The molecule has 0 saturated carbocycles. The zero-order valence-corrected chi connectivity index (χ0v) is 13.7. The highest BCUT2D eigenvalue weighted by Gasteiger charge is 2.10. The van der Waals surface area contributed by atoms with Gasteiger partial charge in [0.15, 0.2) is 0 Å². The molecule has 0 aliphatic carbocycles. The number of rotatable bonds is 3. The zero-order chi connectivity index (χ0) is 14.0. The maximum atomic E-state index is 11.8. The molecule has 6 heteroatoms. The standard InChI is InChI=1S/C13H13Br2N3O/c1-8(9-3-5-10(14)6-4-9)17-11-7-16-18(2)13(19)12(11)15/h3-8,17H,1-2H3. The van der Waals surface area contributed by atoms with Crippen LogP contribution in [0, 0.1) is 0 Å². The molecule has 0 spiro atoms. The maximum absolute atomic E-state index is 11.8. The smallest absolute Gasteiger partial charge is 0.282 e. The van der Waals surface area contributed by atoms with Gasteiger partial charge in [-0.3, -0.25) is 4.79 Å². The Morgan fingerprint density at radius 1 is 1.26 bits per heavy atom. The molecule has 0 saturated heterocycles. The van der Waals surface area contributed by atoms with Crippen molar-refractivity contribution in [3.05, 3.63) is 55.3 Å². The maximum Gasteiger partial charge on any atom is 0.282 e. The van der Waals surface area contributed by atoms with E-state index in [0.717, 1.165) is 10.0 Å². The number of aromatic nitrogens is 2. The van der Waals surface area contributed by atoms with Gasteiger partial charge in [-0.2, -0.15) is 5.10 Å². The minimum absolute atomic E-state index is 0.0818. The summed E-state index contributed by atoms with van der Waals surface area (Å²) in [5, 5.41) is 7.28. The lowest BCUT2D eigenvalue weighted by atomic mass is 10.1. The fraction of sp³-hybridized carbons (Fsp3) is 0.231. The summed E-state index contributed by atoms with van der Waals surface area (Å²) in [6.07, 6.45) is 1.64. The predicted octanol–water partition coefficient (Wildman–Crippen LogP) is 3.48. The summed E-state index contributed by atoms with van der Waals surface area (Å²) in [7, 11) is 1.62. The van der Waals surface area contributed by atoms with Gasteiger partial charge in [-0.05, 0) is 40.5 Å². The largest absolute Gasteiger partial charge is 0.376 e. The number of hydrogen-bond donors (Lipinski definition) is 1. The van der Waals surface area contributed by atoms with Crippen LogP contribution in [0.1, 0.15) is 18.5 Å². The predicted molar refractivity (Wildman–Crippen MR) is 83.4 cm³/mol. The minimum atomic E-state index is -0.159. The van der Waals surface area contributed by atoms with Crippen LogP contribution in [0.25, 0.3) is 0 Å². The monoisotopic (exact) mass is 385 g/mol. The number of nitrogens with zero attached hydrogens (tertiary/aromatic N) is 2. The van der Waals surface area contributed by atoms with E-state index in [4.69, 9.17) is 0 Å². The van der Waals surface area contributed by atoms with Crippen molar-refractivity contribution in [2.45, 2.75) is 13.0 Å². The summed E-state index contributed by atoms with van der Waals surface area (Å²) < 4.78 is 2.83. The van der Waals surface area contributed by atoms with Crippen LogP contribution in [0.3, 0.4) is 0 Å². The first kappa shape index (κ1) is 14.3. The molecule has 2 rings (SSSR count). The second-order valence-corrected chi connectivity index (χ2v) is 5.93. The fourth-order valence-electron chi connectivity index (χ4n) is 1.68. The van der Waals surface area contributed by atoms with E-state index in [1.807, 2.05) is 31.2 Å². The molecule has 1 atom stereocenters. The number of anilines is 1. The van der Waals surface area contributed by atoms with Gasteiger partial charge < -0.3 is 5.32 Å². The summed E-state index contributed by atoms with van der Waals surface area (Å²) >= 11 is 6.71. The van der Waals surface area contributed by atoms with Crippen LogP contribution in [-0.2, 0) is 7.05 Å². The van der Waals surface area contributed by atoms with Crippen molar-refractivity contribution in [2.75, 3.05) is 5.32 Å². The second kappa shape index (κ2) is 5.88. The normalized spacial score (nSPS) is 12.2. The summed E-state index contributed by atoms with van der Waals surface area (Å²) in [5.74, 6) is 0. The Hall–Kier alpha value is -1.14. The van der Waals surface area contributed by atoms with Crippen LogP contribution in [-0.4, -0.2) is 9.78 Å². The van der Waals surface area contributed by atoms with Gasteiger partial charge in [-0.25, -0.2) is 4.68 Å². The highest BCUT2D eigenvalue weighted by Crippen LogP contribution is 2.24. The van der Waals surface area contributed by atoms with E-state index < -0.39 is 0 Å². The molecule has 0 fully saturated rings. The van der Waals surface area contributed by atoms with Crippen LogP contribution in [0.4, 0.5) is 5.69 Å². The lowest BCUT2D eigenvalue weighted by Crippen LogP contribution is -2.22. The van der Waals surface area contributed by atoms with E-state index in [0.29, 0.717) is 10.2 Å². The molecule has 0 aliphatic rings. The number of benzene rings is 1. The van der Waals surface area contributed by atoms with Gasteiger partial charge in [0.05, 0.1) is 11.9 Å². The summed E-state index contributed by atoms with van der Waals surface area (Å²) in [4.78, 5) is 11.8. The SMILES string of the molecule is CC(Nc1cnn(C)c(=O)c1Br)c1ccc(Br)cc1. The molecule has 100 valence electrons. The van der Waals surface area contributed by atoms with Crippen molar-refractivity contribution in [1.29, 1.82) is 0 Å². The Kier molecular flexibility index (Phi) is 4.42. The Balaban J connectivity index is 2.24. The molecular weight excluding hydrogens is 374 g/mol. The summed E-state index contributed by atoms with van der Waals surface area (Å²) in [6.45, 7) is 2.03. The van der Waals surface area contributed by atoms with Crippen molar-refractivity contribution in [3.63, 3.8) is 0 Å². The Morgan fingerprint density at radius 3 is 2.53 bits per heavy atom. The number of nitrogens with one attached hydrogen (secondary N) is 1. The first-order valence-corrected chi connectivity index (χ1v) is 7.31. The second-order valence-electron chi connectivity index (χ2n) is 4.22. The first-order valence-electron chi connectivity index (χ1n) is 5.73. The molecule has 0 radical (unpaired) electrons. The van der Waals surface area contributed by atoms with Crippen LogP contribution >= 0.6 is 31.9 Å². The van der Waals surface area contributed by atoms with Gasteiger partial charge in [-0.1, -0.05) is 28.1 Å². The number of hydrogen-bond acceptors (Lipinski definition) is 3. The molecule has 19 heavy (non-hydrogen) atoms. The van der Waals surface area contributed by atoms with E-state index in [1.165, 1.54) is 4.68 Å². The van der Waals surface area contributed by atoms with E-state index in [2.05, 4.69) is 42.3 Å². The summed E-state index contributed by atoms with van der Waals surface area (Å²) in [5.41, 5.74) is 1.67. The van der Waals surface area contributed by atoms with Crippen molar-refractivity contribution in [2.24, 2.45) is 7.05 Å². The Bertz CT molecular complexity index is 637. The van der Waals surface area contributed by atoms with Gasteiger partial charge in [0.2, 0.25) is 0 Å². The lowest BCUT2D eigenvalue weighted by molar-refractivity contribution is 0.701. The van der Waals surface area contributed by atoms with E-state index in [-0.39, 0.29) is 11.6 Å². The molecule has 1 N–H and O–H groups in total. The van der Waals surface area contributed by atoms with Crippen LogP contribution in [0.15, 0.2) is 44.2 Å². The van der Waals surface area contributed by atoms with Crippen LogP contribution in [0.2, 0.25) is 0 Å². The molecule has 1 heterocycles. The third-order valence-corrected chi connectivity index (χ3v) is 4.12. The van der Waals surface area contributed by atoms with Crippen LogP contribution < -0.4 is 10.9 Å². The molecule has 0 aliphatic heterocycles. The van der Waals surface area contributed by atoms with Gasteiger partial charge in [0.1, 0.15) is 4.47 Å². The molecule has 1 unspecified atom stereocenters. The van der Waals surface area contributed by atoms with Gasteiger partial charge in [-0.15, -0.1) is 0 Å². The average Bonchev–Trinajstić information content (AvgIpc) is 2.40.